The Kier molecular flexibility index (Phi) is 9.54. The first-order valence-electron chi connectivity index (χ1n) is 12.5. The number of fused-ring (bicyclic) bond motifs is 1. The largest absolute Gasteiger partial charge is 0.488 e. The fraction of sp³-hybridized carbons (Fsp3) is 0.241. The lowest BCUT2D eigenvalue weighted by molar-refractivity contribution is 0.166. The van der Waals surface area contributed by atoms with Crippen LogP contribution in [0, 0.1) is 20.8 Å². The number of hydrogen-bond donors (Lipinski definition) is 2. The maximum atomic E-state index is 11.5. The van der Waals surface area contributed by atoms with Crippen LogP contribution in [0.5, 0.6) is 5.75 Å². The second kappa shape index (κ2) is 13.1. The lowest BCUT2D eigenvalue weighted by Gasteiger charge is -2.11. The second-order valence-corrected chi connectivity index (χ2v) is 11.4. The van der Waals surface area contributed by atoms with Crippen LogP contribution in [-0.2, 0) is 21.5 Å². The minimum absolute atomic E-state index is 0.0461. The number of benzene rings is 2. The normalized spacial score (nSPS) is 11.2. The molecule has 0 saturated heterocycles. The van der Waals surface area contributed by atoms with Gasteiger partial charge in [0, 0.05) is 34.9 Å². The van der Waals surface area contributed by atoms with Crippen molar-refractivity contribution in [3.63, 3.8) is 0 Å². The number of anilines is 1. The Labute approximate surface area is 237 Å². The van der Waals surface area contributed by atoms with Crippen molar-refractivity contribution in [2.24, 2.45) is 0 Å². The highest BCUT2D eigenvalue weighted by Crippen LogP contribution is 2.32. The van der Waals surface area contributed by atoms with Crippen LogP contribution in [0.4, 0.5) is 5.82 Å². The zero-order chi connectivity index (χ0) is 28.7. The Morgan fingerprint density at radius 2 is 1.80 bits per heavy atom. The van der Waals surface area contributed by atoms with E-state index in [-0.39, 0.29) is 4.21 Å². The molecule has 0 radical (unpaired) electrons. The monoisotopic (exact) mass is 581 g/mol. The number of nitrogens with zero attached hydrogens (tertiary/aromatic N) is 2. The molecule has 2 N–H and O–H groups in total. The van der Waals surface area contributed by atoms with Gasteiger partial charge in [0.1, 0.15) is 24.8 Å². The average Bonchev–Trinajstić information content (AvgIpc) is 3.56. The molecule has 0 fully saturated rings. The first-order chi connectivity index (χ1) is 19.2. The topological polar surface area (TPSA) is 124 Å². The molecule has 5 rings (SSSR count). The molecular weight excluding hydrogens is 550 g/mol. The second-order valence-electron chi connectivity index (χ2n) is 8.89. The van der Waals surface area contributed by atoms with Crippen molar-refractivity contribution < 1.29 is 27.0 Å². The molecule has 0 unspecified atom stereocenters. The summed E-state index contributed by atoms with van der Waals surface area (Å²) in [5.74, 6) is 2.38. The Bertz CT molecular complexity index is 1680. The van der Waals surface area contributed by atoms with Gasteiger partial charge in [-0.3, -0.25) is 9.54 Å². The lowest BCUT2D eigenvalue weighted by atomic mass is 10.1. The number of pyridine rings is 1. The molecule has 0 aliphatic heterocycles. The predicted octanol–water partition coefficient (Wildman–Crippen LogP) is 6.79. The summed E-state index contributed by atoms with van der Waals surface area (Å²) in [5.41, 5.74) is 4.99. The Hall–Kier alpha value is -3.77. The van der Waals surface area contributed by atoms with E-state index in [9.17, 15) is 13.0 Å². The van der Waals surface area contributed by atoms with Gasteiger partial charge in [-0.25, -0.2) is 0 Å². The zero-order valence-electron chi connectivity index (χ0n) is 22.7. The number of para-hydroxylation sites is 1. The van der Waals surface area contributed by atoms with Crippen molar-refractivity contribution >= 4 is 38.2 Å². The van der Waals surface area contributed by atoms with Gasteiger partial charge in [0.15, 0.2) is 10.0 Å². The van der Waals surface area contributed by atoms with Crippen molar-refractivity contribution in [1.82, 2.24) is 10.1 Å². The molecule has 0 atom stereocenters. The third-order valence-electron chi connectivity index (χ3n) is 6.03. The van der Waals surface area contributed by atoms with Crippen LogP contribution >= 0.6 is 11.3 Å². The van der Waals surface area contributed by atoms with Gasteiger partial charge in [0.25, 0.3) is 0 Å². The smallest absolute Gasteiger partial charge is 0.304 e. The maximum absolute atomic E-state index is 11.5. The number of rotatable bonds is 9. The molecule has 9 nitrogen and oxygen atoms in total. The summed E-state index contributed by atoms with van der Waals surface area (Å²) in [6.07, 6.45) is 0. The highest BCUT2D eigenvalue weighted by molar-refractivity contribution is 7.88. The standard InChI is InChI=1S/C21H17NO4S2.C8H14N2O2/c1-14-12-20(18-4-2-3-5-19(18)22-14)26-13-15-6-8-16(9-7-15)17-10-11-27-21(17)28(23,24)25;1-4-11-5-9-8-6(2)7(3)12-10-8/h2-12H,13H2,1H3,(H,23,24,25);4-5H2,1-3H3,(H,9,10). The summed E-state index contributed by atoms with van der Waals surface area (Å²) in [6, 6.07) is 18.9. The minimum Gasteiger partial charge on any atom is -0.488 e. The third-order valence-corrected chi connectivity index (χ3v) is 8.35. The van der Waals surface area contributed by atoms with Crippen molar-refractivity contribution in [3.8, 4) is 16.9 Å². The summed E-state index contributed by atoms with van der Waals surface area (Å²) in [7, 11) is -4.23. The molecule has 2 aromatic carbocycles. The van der Waals surface area contributed by atoms with Crippen LogP contribution in [0.25, 0.3) is 22.0 Å². The fourth-order valence-electron chi connectivity index (χ4n) is 3.84. The van der Waals surface area contributed by atoms with E-state index in [0.29, 0.717) is 25.5 Å². The van der Waals surface area contributed by atoms with E-state index in [1.165, 1.54) is 0 Å². The van der Waals surface area contributed by atoms with E-state index in [2.05, 4.69) is 15.5 Å². The van der Waals surface area contributed by atoms with E-state index in [1.54, 1.807) is 11.4 Å². The van der Waals surface area contributed by atoms with E-state index in [4.69, 9.17) is 14.0 Å². The molecule has 11 heteroatoms. The van der Waals surface area contributed by atoms with Gasteiger partial charge < -0.3 is 19.3 Å². The molecule has 0 spiro atoms. The predicted molar refractivity (Wildman–Crippen MR) is 156 cm³/mol. The van der Waals surface area contributed by atoms with Crippen molar-refractivity contribution in [2.75, 3.05) is 18.7 Å². The molecule has 3 heterocycles. The summed E-state index contributed by atoms with van der Waals surface area (Å²) < 4.78 is 48.4. The fourth-order valence-corrected chi connectivity index (χ4v) is 5.60. The van der Waals surface area contributed by atoms with Crippen LogP contribution < -0.4 is 10.1 Å². The van der Waals surface area contributed by atoms with Crippen molar-refractivity contribution in [2.45, 2.75) is 38.5 Å². The number of nitrogens with one attached hydrogen (secondary N) is 1. The van der Waals surface area contributed by atoms with E-state index in [0.717, 1.165) is 62.0 Å². The highest BCUT2D eigenvalue weighted by Gasteiger charge is 2.18. The molecule has 3 aromatic heterocycles. The average molecular weight is 582 g/mol. The van der Waals surface area contributed by atoms with E-state index >= 15 is 0 Å². The van der Waals surface area contributed by atoms with E-state index in [1.807, 2.05) is 82.3 Å². The first-order valence-corrected chi connectivity index (χ1v) is 14.9. The summed E-state index contributed by atoms with van der Waals surface area (Å²) in [6.45, 7) is 9.27. The van der Waals surface area contributed by atoms with Gasteiger partial charge in [-0.05, 0) is 62.4 Å². The molecule has 0 aliphatic carbocycles. The first kappa shape index (κ1) is 29.2. The molecule has 0 saturated carbocycles. The molecule has 0 aliphatic rings. The summed E-state index contributed by atoms with van der Waals surface area (Å²) >= 11 is 0.997. The quantitative estimate of drug-likeness (QED) is 0.110. The Morgan fingerprint density at radius 1 is 1.05 bits per heavy atom. The van der Waals surface area contributed by atoms with Gasteiger partial charge in [0.05, 0.1) is 5.52 Å². The van der Waals surface area contributed by atoms with Gasteiger partial charge in [0.2, 0.25) is 0 Å². The van der Waals surface area contributed by atoms with Gasteiger partial charge >= 0.3 is 10.1 Å². The number of thiophene rings is 1. The highest BCUT2D eigenvalue weighted by atomic mass is 32.3. The van der Waals surface area contributed by atoms with Crippen LogP contribution in [0.3, 0.4) is 0 Å². The van der Waals surface area contributed by atoms with Crippen LogP contribution in [0.1, 0.15) is 29.5 Å². The molecule has 0 amide bonds. The van der Waals surface area contributed by atoms with Crippen molar-refractivity contribution in [1.29, 1.82) is 0 Å². The number of aryl methyl sites for hydroxylation is 2. The number of aromatic nitrogens is 2. The van der Waals surface area contributed by atoms with Crippen LogP contribution in [0.15, 0.2) is 74.8 Å². The van der Waals surface area contributed by atoms with Crippen LogP contribution in [0.2, 0.25) is 0 Å². The molecule has 5 aromatic rings. The van der Waals surface area contributed by atoms with Gasteiger partial charge in [-0.1, -0.05) is 41.6 Å². The number of ether oxygens (including phenoxy) is 2. The maximum Gasteiger partial charge on any atom is 0.304 e. The van der Waals surface area contributed by atoms with E-state index < -0.39 is 10.1 Å². The summed E-state index contributed by atoms with van der Waals surface area (Å²) in [5, 5.41) is 9.43. The molecule has 40 heavy (non-hydrogen) atoms. The van der Waals surface area contributed by atoms with Gasteiger partial charge in [-0.2, -0.15) is 8.42 Å². The molecular formula is C29H31N3O6S2. The minimum atomic E-state index is -4.23. The Morgan fingerprint density at radius 3 is 2.48 bits per heavy atom. The number of hydrogen-bond acceptors (Lipinski definition) is 9. The molecule has 210 valence electrons. The van der Waals surface area contributed by atoms with Crippen molar-refractivity contribution in [3.05, 3.63) is 88.6 Å². The Balaban J connectivity index is 0.000000259. The third kappa shape index (κ3) is 7.24. The summed E-state index contributed by atoms with van der Waals surface area (Å²) in [4.78, 5) is 4.51. The zero-order valence-corrected chi connectivity index (χ0v) is 24.3. The van der Waals surface area contributed by atoms with Gasteiger partial charge in [-0.15, -0.1) is 11.3 Å². The molecule has 0 bridgehead atoms. The van der Waals surface area contributed by atoms with Crippen LogP contribution in [-0.4, -0.2) is 36.4 Å². The lowest BCUT2D eigenvalue weighted by Crippen LogP contribution is -2.06. The SMILES string of the molecule is CCOCNc1noc(C)c1C.Cc1cc(OCc2ccc(-c3ccsc3S(=O)(=O)O)cc2)c2ccccc2n1.